The van der Waals surface area contributed by atoms with E-state index >= 15 is 0 Å². The van der Waals surface area contributed by atoms with Gasteiger partial charge in [0.25, 0.3) is 11.8 Å². The fourth-order valence-corrected chi connectivity index (χ4v) is 3.07. The van der Waals surface area contributed by atoms with Gasteiger partial charge in [0, 0.05) is 6.20 Å². The van der Waals surface area contributed by atoms with Crippen LogP contribution in [0.2, 0.25) is 0 Å². The third-order valence-electron chi connectivity index (χ3n) is 4.46. The molecule has 1 aliphatic rings. The van der Waals surface area contributed by atoms with Gasteiger partial charge in [0.2, 0.25) is 5.91 Å². The Hall–Kier alpha value is -4.33. The summed E-state index contributed by atoms with van der Waals surface area (Å²) in [5.74, 6) is -2.69. The molecule has 0 unspecified atom stereocenters. The van der Waals surface area contributed by atoms with Gasteiger partial charge in [-0.15, -0.1) is 0 Å². The lowest BCUT2D eigenvalue weighted by atomic mass is 10.0. The van der Waals surface area contributed by atoms with E-state index in [1.54, 1.807) is 48.7 Å². The highest BCUT2D eigenvalue weighted by atomic mass is 16.7. The number of rotatable bonds is 5. The van der Waals surface area contributed by atoms with Crippen molar-refractivity contribution in [3.05, 3.63) is 95.3 Å². The molecule has 0 spiro atoms. The molecule has 8 nitrogen and oxygen atoms in total. The number of hydroxylamine groups is 2. The quantitative estimate of drug-likeness (QED) is 0.659. The molecular formula is C22H15N3O5. The number of nitrogens with one attached hydrogen (secondary N) is 1. The molecule has 0 saturated heterocycles. The maximum atomic E-state index is 12.7. The molecule has 8 heteroatoms. The number of nitrogens with zero attached hydrogens (tertiary/aromatic N) is 2. The predicted octanol–water partition coefficient (Wildman–Crippen LogP) is 2.63. The summed E-state index contributed by atoms with van der Waals surface area (Å²) < 4.78 is 0. The maximum Gasteiger partial charge on any atom is 0.364 e. The van der Waals surface area contributed by atoms with Crippen molar-refractivity contribution in [2.45, 2.75) is 6.42 Å². The molecule has 148 valence electrons. The molecule has 0 radical (unpaired) electrons. The van der Waals surface area contributed by atoms with Crippen LogP contribution in [-0.4, -0.2) is 33.7 Å². The van der Waals surface area contributed by atoms with Crippen LogP contribution in [0.3, 0.4) is 0 Å². The topological polar surface area (TPSA) is 106 Å². The van der Waals surface area contributed by atoms with E-state index in [1.165, 1.54) is 24.4 Å². The number of hydrogen-bond donors (Lipinski definition) is 1. The first-order chi connectivity index (χ1) is 14.5. The highest BCUT2D eigenvalue weighted by Gasteiger charge is 2.39. The number of amides is 3. The number of hydrogen-bond acceptors (Lipinski definition) is 6. The first-order valence-electron chi connectivity index (χ1n) is 9.02. The van der Waals surface area contributed by atoms with Crippen molar-refractivity contribution in [3.8, 4) is 0 Å². The number of benzene rings is 2. The zero-order chi connectivity index (χ0) is 21.1. The molecule has 0 bridgehead atoms. The van der Waals surface area contributed by atoms with Crippen molar-refractivity contribution in [1.82, 2.24) is 10.0 Å². The number of fused-ring (bicyclic) bond motifs is 1. The molecule has 2 heterocycles. The first-order valence-corrected chi connectivity index (χ1v) is 9.02. The molecule has 30 heavy (non-hydrogen) atoms. The molecule has 0 fully saturated rings. The number of carbonyl (C=O) groups excluding carboxylic acids is 4. The number of pyridine rings is 1. The molecule has 3 aromatic rings. The van der Waals surface area contributed by atoms with Gasteiger partial charge in [0.15, 0.2) is 0 Å². The van der Waals surface area contributed by atoms with Gasteiger partial charge in [-0.2, -0.15) is 0 Å². The Morgan fingerprint density at radius 3 is 2.23 bits per heavy atom. The van der Waals surface area contributed by atoms with Crippen molar-refractivity contribution in [3.63, 3.8) is 0 Å². The molecule has 1 N–H and O–H groups in total. The Morgan fingerprint density at radius 2 is 1.57 bits per heavy atom. The van der Waals surface area contributed by atoms with E-state index in [4.69, 9.17) is 4.84 Å². The zero-order valence-corrected chi connectivity index (χ0v) is 15.6. The normalized spacial score (nSPS) is 12.5. The molecule has 0 saturated carbocycles. The van der Waals surface area contributed by atoms with Gasteiger partial charge in [0.05, 0.1) is 35.0 Å². The Balaban J connectivity index is 1.50. The van der Waals surface area contributed by atoms with Gasteiger partial charge in [0.1, 0.15) is 0 Å². The van der Waals surface area contributed by atoms with Crippen LogP contribution in [0, 0.1) is 0 Å². The Morgan fingerprint density at radius 1 is 0.900 bits per heavy atom. The van der Waals surface area contributed by atoms with Crippen molar-refractivity contribution >= 4 is 29.4 Å². The summed E-state index contributed by atoms with van der Waals surface area (Å²) in [6, 6.07) is 15.9. The fraction of sp³-hybridized carbons (Fsp3) is 0.0455. The summed E-state index contributed by atoms with van der Waals surface area (Å²) in [6.07, 6.45) is 2.98. The van der Waals surface area contributed by atoms with E-state index in [1.807, 2.05) is 0 Å². The van der Waals surface area contributed by atoms with Crippen LogP contribution in [0.4, 0.5) is 5.69 Å². The van der Waals surface area contributed by atoms with Crippen LogP contribution in [0.15, 0.2) is 73.1 Å². The third-order valence-corrected chi connectivity index (χ3v) is 4.46. The van der Waals surface area contributed by atoms with Crippen molar-refractivity contribution in [2.24, 2.45) is 0 Å². The SMILES string of the molecule is O=C(Cc1ccccc1C(=O)ON1C(=O)c2ccccc2C1=O)Nc1cccnc1. The van der Waals surface area contributed by atoms with E-state index in [2.05, 4.69) is 10.3 Å². The minimum absolute atomic E-state index is 0.0791. The number of carbonyl (C=O) groups is 4. The monoisotopic (exact) mass is 401 g/mol. The highest BCUT2D eigenvalue weighted by Crippen LogP contribution is 2.24. The summed E-state index contributed by atoms with van der Waals surface area (Å²) in [4.78, 5) is 58.9. The molecule has 1 aliphatic heterocycles. The number of aromatic nitrogens is 1. The summed E-state index contributed by atoms with van der Waals surface area (Å²) in [6.45, 7) is 0. The van der Waals surface area contributed by atoms with Crippen LogP contribution in [0.25, 0.3) is 0 Å². The lowest BCUT2D eigenvalue weighted by molar-refractivity contribution is -0.115. The Labute approximate surface area is 171 Å². The minimum atomic E-state index is -0.908. The zero-order valence-electron chi connectivity index (χ0n) is 15.6. The van der Waals surface area contributed by atoms with Crippen molar-refractivity contribution in [1.29, 1.82) is 0 Å². The maximum absolute atomic E-state index is 12.7. The standard InChI is InChI=1S/C22H15N3O5/c26-19(24-15-7-5-11-23-13-15)12-14-6-1-2-8-16(14)22(29)30-25-20(27)17-9-3-4-10-18(17)21(25)28/h1-11,13H,12H2,(H,24,26). The summed E-state index contributed by atoms with van der Waals surface area (Å²) in [5.41, 5.74) is 1.32. The molecule has 0 atom stereocenters. The average molecular weight is 401 g/mol. The molecule has 4 rings (SSSR count). The van der Waals surface area contributed by atoms with E-state index in [9.17, 15) is 19.2 Å². The van der Waals surface area contributed by atoms with Crippen LogP contribution in [0.5, 0.6) is 0 Å². The first kappa shape index (κ1) is 19.0. The summed E-state index contributed by atoms with van der Waals surface area (Å²) in [5, 5.41) is 3.13. The van der Waals surface area contributed by atoms with Crippen LogP contribution in [0.1, 0.15) is 36.6 Å². The van der Waals surface area contributed by atoms with E-state index in [-0.39, 0.29) is 29.0 Å². The van der Waals surface area contributed by atoms with Gasteiger partial charge in [-0.3, -0.25) is 19.4 Å². The molecule has 2 aromatic carbocycles. The number of imide groups is 1. The molecule has 0 aliphatic carbocycles. The Bertz CT molecular complexity index is 1130. The molecule has 1 aromatic heterocycles. The van der Waals surface area contributed by atoms with E-state index < -0.39 is 17.8 Å². The lowest BCUT2D eigenvalue weighted by Gasteiger charge is -2.14. The van der Waals surface area contributed by atoms with Gasteiger partial charge < -0.3 is 10.2 Å². The van der Waals surface area contributed by atoms with Gasteiger partial charge >= 0.3 is 5.97 Å². The lowest BCUT2D eigenvalue weighted by Crippen LogP contribution is -2.33. The predicted molar refractivity (Wildman–Crippen MR) is 105 cm³/mol. The van der Waals surface area contributed by atoms with E-state index in [0.29, 0.717) is 16.3 Å². The fourth-order valence-electron chi connectivity index (χ4n) is 3.07. The van der Waals surface area contributed by atoms with E-state index in [0.717, 1.165) is 0 Å². The average Bonchev–Trinajstić information content (AvgIpc) is 3.00. The second kappa shape index (κ2) is 7.96. The molecule has 3 amide bonds. The second-order valence-corrected chi connectivity index (χ2v) is 6.45. The Kier molecular flexibility index (Phi) is 5.04. The van der Waals surface area contributed by atoms with Crippen LogP contribution < -0.4 is 5.32 Å². The third kappa shape index (κ3) is 3.66. The smallest absolute Gasteiger partial charge is 0.324 e. The minimum Gasteiger partial charge on any atom is -0.324 e. The number of anilines is 1. The van der Waals surface area contributed by atoms with Crippen LogP contribution >= 0.6 is 0 Å². The van der Waals surface area contributed by atoms with Gasteiger partial charge in [-0.25, -0.2) is 4.79 Å². The van der Waals surface area contributed by atoms with Gasteiger partial charge in [-0.05, 0) is 35.9 Å². The second-order valence-electron chi connectivity index (χ2n) is 6.45. The van der Waals surface area contributed by atoms with Crippen molar-refractivity contribution in [2.75, 3.05) is 5.32 Å². The largest absolute Gasteiger partial charge is 0.364 e. The highest BCUT2D eigenvalue weighted by molar-refractivity contribution is 6.21. The van der Waals surface area contributed by atoms with Crippen molar-refractivity contribution < 1.29 is 24.0 Å². The summed E-state index contributed by atoms with van der Waals surface area (Å²) >= 11 is 0. The van der Waals surface area contributed by atoms with Crippen LogP contribution in [-0.2, 0) is 16.1 Å². The van der Waals surface area contributed by atoms with Gasteiger partial charge in [-0.1, -0.05) is 35.4 Å². The molecular weight excluding hydrogens is 386 g/mol. The summed E-state index contributed by atoms with van der Waals surface area (Å²) in [7, 11) is 0.